The number of rotatable bonds is 5. The van der Waals surface area contributed by atoms with Crippen LogP contribution < -0.4 is 5.56 Å². The summed E-state index contributed by atoms with van der Waals surface area (Å²) in [5.74, 6) is 1.05. The van der Waals surface area contributed by atoms with Crippen LogP contribution in [0, 0.1) is 0 Å². The fourth-order valence-corrected chi connectivity index (χ4v) is 4.81. The number of hydrogen-bond donors (Lipinski definition) is 0. The van der Waals surface area contributed by atoms with Gasteiger partial charge < -0.3 is 0 Å². The van der Waals surface area contributed by atoms with E-state index in [-0.39, 0.29) is 11.0 Å². The maximum absolute atomic E-state index is 13.6. The van der Waals surface area contributed by atoms with Crippen LogP contribution in [0.3, 0.4) is 0 Å². The van der Waals surface area contributed by atoms with E-state index in [1.807, 2.05) is 42.5 Å². The van der Waals surface area contributed by atoms with Gasteiger partial charge in [0.25, 0.3) is 5.56 Å². The summed E-state index contributed by atoms with van der Waals surface area (Å²) < 4.78 is 1.80. The van der Waals surface area contributed by atoms with Crippen LogP contribution >= 0.6 is 11.8 Å². The van der Waals surface area contributed by atoms with E-state index in [4.69, 9.17) is 4.98 Å². The highest BCUT2D eigenvalue weighted by Gasteiger charge is 2.17. The summed E-state index contributed by atoms with van der Waals surface area (Å²) in [6, 6.07) is 24.5. The second-order valence-electron chi connectivity index (χ2n) is 9.50. The first-order chi connectivity index (χ1) is 15.3. The zero-order valence-electron chi connectivity index (χ0n) is 19.4. The number of hydrogen-bond acceptors (Lipinski definition) is 3. The zero-order chi connectivity index (χ0) is 22.9. The number of thioether (sulfide) groups is 1. The molecule has 4 aromatic rings. The molecule has 1 heterocycles. The van der Waals surface area contributed by atoms with E-state index in [9.17, 15) is 4.79 Å². The molecule has 164 valence electrons. The first-order valence-corrected chi connectivity index (χ1v) is 12.1. The molecule has 0 aliphatic rings. The van der Waals surface area contributed by atoms with E-state index in [2.05, 4.69) is 65.0 Å². The average molecular weight is 443 g/mol. The van der Waals surface area contributed by atoms with Crippen LogP contribution in [-0.2, 0) is 11.2 Å². The SMILES string of the molecule is CC(C)c1ccccc1-n1c(SCc2ccc(C(C)(C)C)cc2)nc2ccccc2c1=O. The van der Waals surface area contributed by atoms with Crippen molar-refractivity contribution in [2.45, 2.75) is 56.9 Å². The molecule has 0 saturated heterocycles. The molecular weight excluding hydrogens is 412 g/mol. The van der Waals surface area contributed by atoms with Crippen LogP contribution in [-0.4, -0.2) is 9.55 Å². The smallest absolute Gasteiger partial charge is 0.266 e. The van der Waals surface area contributed by atoms with Crippen LogP contribution in [0.25, 0.3) is 16.6 Å². The van der Waals surface area contributed by atoms with Crippen LogP contribution in [0.4, 0.5) is 0 Å². The topological polar surface area (TPSA) is 34.9 Å². The molecule has 32 heavy (non-hydrogen) atoms. The lowest BCUT2D eigenvalue weighted by Crippen LogP contribution is -2.23. The molecule has 0 unspecified atom stereocenters. The van der Waals surface area contributed by atoms with Gasteiger partial charge in [-0.1, -0.05) is 101 Å². The standard InChI is InChI=1S/C28H30N2OS/c1-19(2)22-10-7-9-13-25(22)30-26(31)23-11-6-8-12-24(23)29-27(30)32-18-20-14-16-21(17-15-20)28(3,4)5/h6-17,19H,18H2,1-5H3. The molecule has 0 aliphatic heterocycles. The molecule has 0 fully saturated rings. The monoisotopic (exact) mass is 442 g/mol. The van der Waals surface area contributed by atoms with Crippen molar-refractivity contribution in [2.24, 2.45) is 0 Å². The Labute approximate surface area is 194 Å². The van der Waals surface area contributed by atoms with Crippen molar-refractivity contribution in [3.8, 4) is 5.69 Å². The molecule has 0 amide bonds. The van der Waals surface area contributed by atoms with Gasteiger partial charge in [-0.15, -0.1) is 0 Å². The Morgan fingerprint density at radius 2 is 1.56 bits per heavy atom. The number of nitrogens with zero attached hydrogens (tertiary/aromatic N) is 2. The summed E-state index contributed by atoms with van der Waals surface area (Å²) in [5, 5.41) is 1.37. The van der Waals surface area contributed by atoms with Crippen LogP contribution in [0.15, 0.2) is 82.7 Å². The molecule has 0 atom stereocenters. The molecule has 4 heteroatoms. The van der Waals surface area contributed by atoms with Gasteiger partial charge in [0.2, 0.25) is 0 Å². The summed E-state index contributed by atoms with van der Waals surface area (Å²) in [4.78, 5) is 18.5. The van der Waals surface area contributed by atoms with Gasteiger partial charge >= 0.3 is 0 Å². The van der Waals surface area contributed by atoms with E-state index in [0.717, 1.165) is 27.7 Å². The average Bonchev–Trinajstić information content (AvgIpc) is 2.77. The molecule has 3 aromatic carbocycles. The highest BCUT2D eigenvalue weighted by atomic mass is 32.2. The Bertz CT molecular complexity index is 1300. The van der Waals surface area contributed by atoms with Gasteiger partial charge in [0, 0.05) is 5.75 Å². The second kappa shape index (κ2) is 8.95. The quantitative estimate of drug-likeness (QED) is 0.244. The highest BCUT2D eigenvalue weighted by Crippen LogP contribution is 2.29. The summed E-state index contributed by atoms with van der Waals surface area (Å²) >= 11 is 1.61. The third-order valence-corrected chi connectivity index (χ3v) is 6.74. The Morgan fingerprint density at radius 1 is 0.906 bits per heavy atom. The van der Waals surface area contributed by atoms with Gasteiger partial charge in [-0.3, -0.25) is 9.36 Å². The van der Waals surface area contributed by atoms with E-state index in [0.29, 0.717) is 11.3 Å². The third kappa shape index (κ3) is 4.51. The largest absolute Gasteiger partial charge is 0.268 e. The lowest BCUT2D eigenvalue weighted by molar-refractivity contribution is 0.590. The van der Waals surface area contributed by atoms with E-state index in [1.165, 1.54) is 11.1 Å². The van der Waals surface area contributed by atoms with Crippen LogP contribution in [0.2, 0.25) is 0 Å². The lowest BCUT2D eigenvalue weighted by atomic mass is 9.87. The van der Waals surface area contributed by atoms with Crippen molar-refractivity contribution in [2.75, 3.05) is 0 Å². The molecule has 0 radical (unpaired) electrons. The minimum Gasteiger partial charge on any atom is -0.268 e. The maximum Gasteiger partial charge on any atom is 0.266 e. The Morgan fingerprint density at radius 3 is 2.25 bits per heavy atom. The molecule has 4 rings (SSSR count). The van der Waals surface area contributed by atoms with Gasteiger partial charge in [-0.25, -0.2) is 4.98 Å². The van der Waals surface area contributed by atoms with Crippen LogP contribution in [0.1, 0.15) is 57.2 Å². The van der Waals surface area contributed by atoms with E-state index < -0.39 is 0 Å². The summed E-state index contributed by atoms with van der Waals surface area (Å²) in [6.07, 6.45) is 0. The fraction of sp³-hybridized carbons (Fsp3) is 0.286. The van der Waals surface area contributed by atoms with Crippen molar-refractivity contribution in [1.29, 1.82) is 0 Å². The molecule has 1 aromatic heterocycles. The second-order valence-corrected chi connectivity index (χ2v) is 10.4. The van der Waals surface area contributed by atoms with Crippen molar-refractivity contribution < 1.29 is 0 Å². The molecule has 0 N–H and O–H groups in total. The van der Waals surface area contributed by atoms with Crippen LogP contribution in [0.5, 0.6) is 0 Å². The molecular formula is C28H30N2OS. The Hall–Kier alpha value is -2.85. The van der Waals surface area contributed by atoms with Gasteiger partial charge in [-0.2, -0.15) is 0 Å². The normalized spacial score (nSPS) is 11.9. The predicted molar refractivity (Wildman–Crippen MR) is 136 cm³/mol. The number of aromatic nitrogens is 2. The van der Waals surface area contributed by atoms with E-state index in [1.54, 1.807) is 16.3 Å². The first-order valence-electron chi connectivity index (χ1n) is 11.1. The maximum atomic E-state index is 13.6. The van der Waals surface area contributed by atoms with Crippen molar-refractivity contribution in [1.82, 2.24) is 9.55 Å². The van der Waals surface area contributed by atoms with Crippen molar-refractivity contribution >= 4 is 22.7 Å². The minimum absolute atomic E-state index is 0.0192. The molecule has 3 nitrogen and oxygen atoms in total. The zero-order valence-corrected chi connectivity index (χ0v) is 20.2. The summed E-state index contributed by atoms with van der Waals surface area (Å²) in [6.45, 7) is 11.0. The fourth-order valence-electron chi connectivity index (χ4n) is 3.85. The molecule has 0 spiro atoms. The Kier molecular flexibility index (Phi) is 6.25. The number of fused-ring (bicyclic) bond motifs is 1. The third-order valence-electron chi connectivity index (χ3n) is 5.73. The van der Waals surface area contributed by atoms with Gasteiger partial charge in [0.05, 0.1) is 16.6 Å². The minimum atomic E-state index is -0.0192. The lowest BCUT2D eigenvalue weighted by Gasteiger charge is -2.19. The number of para-hydroxylation sites is 2. The van der Waals surface area contributed by atoms with Crippen molar-refractivity contribution in [3.05, 3.63) is 99.8 Å². The highest BCUT2D eigenvalue weighted by molar-refractivity contribution is 7.98. The summed E-state index contributed by atoms with van der Waals surface area (Å²) in [7, 11) is 0. The summed E-state index contributed by atoms with van der Waals surface area (Å²) in [5.41, 5.74) is 5.44. The van der Waals surface area contributed by atoms with E-state index >= 15 is 0 Å². The van der Waals surface area contributed by atoms with Gasteiger partial charge in [-0.05, 0) is 46.2 Å². The van der Waals surface area contributed by atoms with Gasteiger partial charge in [0.15, 0.2) is 5.16 Å². The van der Waals surface area contributed by atoms with Crippen molar-refractivity contribution in [3.63, 3.8) is 0 Å². The molecule has 0 bridgehead atoms. The molecule has 0 aliphatic carbocycles. The number of benzene rings is 3. The Balaban J connectivity index is 1.79. The molecule has 0 saturated carbocycles. The first kappa shape index (κ1) is 22.3. The predicted octanol–water partition coefficient (Wildman–Crippen LogP) is 7.10. The van der Waals surface area contributed by atoms with Gasteiger partial charge in [0.1, 0.15) is 0 Å².